The molecule has 4 nitrogen and oxygen atoms in total. The molecule has 19 heavy (non-hydrogen) atoms. The maximum Gasteiger partial charge on any atom is 0.231 e. The molecule has 3 rings (SSSR count). The molecule has 2 heterocycles. The van der Waals surface area contributed by atoms with Crippen LogP contribution < -0.4 is 10.5 Å². The number of fused-ring (bicyclic) bond motifs is 1. The maximum atomic E-state index is 11.7. The second-order valence-electron chi connectivity index (χ2n) is 5.46. The summed E-state index contributed by atoms with van der Waals surface area (Å²) < 4.78 is 6.19. The number of nitrogens with zero attached hydrogens (tertiary/aromatic N) is 1. The molecule has 1 saturated carbocycles. The summed E-state index contributed by atoms with van der Waals surface area (Å²) in [5, 5.41) is 0. The molecule has 1 atom stereocenters. The van der Waals surface area contributed by atoms with E-state index >= 15 is 0 Å². The fourth-order valence-corrected chi connectivity index (χ4v) is 2.87. The van der Waals surface area contributed by atoms with Gasteiger partial charge in [0.1, 0.15) is 16.6 Å². The van der Waals surface area contributed by atoms with Gasteiger partial charge in [-0.3, -0.25) is 4.79 Å². The first-order chi connectivity index (χ1) is 8.93. The molecule has 100 valence electrons. The minimum Gasteiger partial charge on any atom is -0.489 e. The molecule has 1 aliphatic carbocycles. The van der Waals surface area contributed by atoms with Crippen molar-refractivity contribution in [3.8, 4) is 5.75 Å². The summed E-state index contributed by atoms with van der Waals surface area (Å²) in [6.07, 6.45) is 2.33. The van der Waals surface area contributed by atoms with Crippen LogP contribution in [0.5, 0.6) is 5.75 Å². The SMILES string of the molecule is C=C(c1cc2c(c(Br)n1)OCC2(C)C(N)=O)C1CC1. The summed E-state index contributed by atoms with van der Waals surface area (Å²) in [6.45, 7) is 6.17. The Balaban J connectivity index is 2.11. The normalized spacial score (nSPS) is 24.7. The standard InChI is InChI=1S/C14H15BrN2O2/c1-7(8-3-4-8)10-5-9-11(12(15)17-10)19-6-14(9,2)13(16)18/h5,8H,1,3-4,6H2,2H3,(H2,16,18). The van der Waals surface area contributed by atoms with Crippen LogP contribution in [0.1, 0.15) is 31.0 Å². The third-order valence-corrected chi connectivity index (χ3v) is 4.51. The maximum absolute atomic E-state index is 11.7. The van der Waals surface area contributed by atoms with Crippen LogP contribution in [-0.4, -0.2) is 17.5 Å². The average Bonchev–Trinajstić information content (AvgIpc) is 3.14. The van der Waals surface area contributed by atoms with Gasteiger partial charge < -0.3 is 10.5 Å². The zero-order valence-corrected chi connectivity index (χ0v) is 12.3. The van der Waals surface area contributed by atoms with E-state index in [1.54, 1.807) is 6.92 Å². The predicted molar refractivity (Wildman–Crippen MR) is 75.7 cm³/mol. The van der Waals surface area contributed by atoms with Crippen molar-refractivity contribution < 1.29 is 9.53 Å². The summed E-state index contributed by atoms with van der Waals surface area (Å²) in [6, 6.07) is 1.90. The van der Waals surface area contributed by atoms with Gasteiger partial charge in [-0.25, -0.2) is 4.98 Å². The first kappa shape index (κ1) is 12.7. The highest BCUT2D eigenvalue weighted by atomic mass is 79.9. The molecule has 1 unspecified atom stereocenters. The average molecular weight is 323 g/mol. The number of aromatic nitrogens is 1. The van der Waals surface area contributed by atoms with E-state index in [-0.39, 0.29) is 12.5 Å². The van der Waals surface area contributed by atoms with E-state index in [2.05, 4.69) is 27.5 Å². The topological polar surface area (TPSA) is 65.2 Å². The third-order valence-electron chi connectivity index (χ3n) is 3.97. The van der Waals surface area contributed by atoms with Crippen LogP contribution in [0.2, 0.25) is 0 Å². The van der Waals surface area contributed by atoms with Crippen molar-refractivity contribution >= 4 is 27.4 Å². The van der Waals surface area contributed by atoms with Gasteiger partial charge >= 0.3 is 0 Å². The van der Waals surface area contributed by atoms with E-state index < -0.39 is 5.41 Å². The fourth-order valence-electron chi connectivity index (χ4n) is 2.35. The van der Waals surface area contributed by atoms with Gasteiger partial charge in [-0.2, -0.15) is 0 Å². The van der Waals surface area contributed by atoms with E-state index in [0.29, 0.717) is 16.3 Å². The van der Waals surface area contributed by atoms with Crippen LogP contribution in [0.4, 0.5) is 0 Å². The highest BCUT2D eigenvalue weighted by molar-refractivity contribution is 9.10. The molecule has 0 radical (unpaired) electrons. The molecule has 1 aromatic rings. The molecule has 2 aliphatic rings. The number of halogens is 1. The Hall–Kier alpha value is -1.36. The van der Waals surface area contributed by atoms with Crippen LogP contribution in [0.15, 0.2) is 17.2 Å². The Bertz CT molecular complexity index is 595. The number of amides is 1. The Morgan fingerprint density at radius 1 is 1.63 bits per heavy atom. The third kappa shape index (κ3) is 1.87. The number of carbonyl (C=O) groups is 1. The second-order valence-corrected chi connectivity index (χ2v) is 6.21. The van der Waals surface area contributed by atoms with E-state index in [0.717, 1.165) is 16.8 Å². The molecular formula is C14H15BrN2O2. The minimum atomic E-state index is -0.792. The molecular weight excluding hydrogens is 308 g/mol. The Morgan fingerprint density at radius 3 is 2.89 bits per heavy atom. The zero-order valence-electron chi connectivity index (χ0n) is 10.7. The van der Waals surface area contributed by atoms with Crippen molar-refractivity contribution in [1.82, 2.24) is 4.98 Å². The Morgan fingerprint density at radius 2 is 2.32 bits per heavy atom. The number of allylic oxidation sites excluding steroid dienone is 1. The second kappa shape index (κ2) is 4.07. The van der Waals surface area contributed by atoms with Crippen molar-refractivity contribution in [2.24, 2.45) is 11.7 Å². The summed E-state index contributed by atoms with van der Waals surface area (Å²) in [5.74, 6) is 0.764. The molecule has 1 aromatic heterocycles. The van der Waals surface area contributed by atoms with Crippen molar-refractivity contribution in [2.75, 3.05) is 6.61 Å². The van der Waals surface area contributed by atoms with Crippen LogP contribution >= 0.6 is 15.9 Å². The molecule has 5 heteroatoms. The molecule has 1 aliphatic heterocycles. The van der Waals surface area contributed by atoms with Crippen molar-refractivity contribution in [3.63, 3.8) is 0 Å². The quantitative estimate of drug-likeness (QED) is 0.869. The first-order valence-corrected chi connectivity index (χ1v) is 7.05. The fraction of sp³-hybridized carbons (Fsp3) is 0.429. The lowest BCUT2D eigenvalue weighted by molar-refractivity contribution is -0.123. The number of nitrogens with two attached hydrogens (primary N) is 1. The summed E-state index contributed by atoms with van der Waals surface area (Å²) in [7, 11) is 0. The largest absolute Gasteiger partial charge is 0.489 e. The lowest BCUT2D eigenvalue weighted by atomic mass is 9.83. The zero-order chi connectivity index (χ0) is 13.8. The highest BCUT2D eigenvalue weighted by Gasteiger charge is 2.43. The smallest absolute Gasteiger partial charge is 0.231 e. The number of ether oxygens (including phenoxy) is 1. The van der Waals surface area contributed by atoms with Gasteiger partial charge in [-0.05, 0) is 53.3 Å². The minimum absolute atomic E-state index is 0.261. The molecule has 1 fully saturated rings. The Labute approximate surface area is 120 Å². The molecule has 0 spiro atoms. The number of primary amides is 1. The van der Waals surface area contributed by atoms with Crippen molar-refractivity contribution in [2.45, 2.75) is 25.2 Å². The number of rotatable bonds is 3. The van der Waals surface area contributed by atoms with Gasteiger partial charge in [0.2, 0.25) is 5.91 Å². The van der Waals surface area contributed by atoms with Gasteiger partial charge in [0.25, 0.3) is 0 Å². The van der Waals surface area contributed by atoms with Crippen LogP contribution in [-0.2, 0) is 10.2 Å². The van der Waals surface area contributed by atoms with Gasteiger partial charge in [0, 0.05) is 5.56 Å². The van der Waals surface area contributed by atoms with E-state index in [1.807, 2.05) is 6.07 Å². The summed E-state index contributed by atoms with van der Waals surface area (Å²) in [5.41, 5.74) is 7.39. The Kier molecular flexibility index (Phi) is 2.71. The van der Waals surface area contributed by atoms with E-state index in [9.17, 15) is 4.79 Å². The van der Waals surface area contributed by atoms with Crippen LogP contribution in [0.3, 0.4) is 0 Å². The molecule has 0 saturated heterocycles. The van der Waals surface area contributed by atoms with Gasteiger partial charge in [0.05, 0.1) is 5.69 Å². The van der Waals surface area contributed by atoms with E-state index in [1.165, 1.54) is 12.8 Å². The number of hydrogen-bond donors (Lipinski definition) is 1. The van der Waals surface area contributed by atoms with Crippen LogP contribution in [0, 0.1) is 5.92 Å². The number of hydrogen-bond acceptors (Lipinski definition) is 3. The lowest BCUT2D eigenvalue weighted by Crippen LogP contribution is -2.39. The first-order valence-electron chi connectivity index (χ1n) is 6.26. The summed E-state index contributed by atoms with van der Waals surface area (Å²) >= 11 is 3.41. The van der Waals surface area contributed by atoms with Gasteiger partial charge in [-0.15, -0.1) is 0 Å². The van der Waals surface area contributed by atoms with Gasteiger partial charge in [-0.1, -0.05) is 6.58 Å². The lowest BCUT2D eigenvalue weighted by Gasteiger charge is -2.18. The number of pyridine rings is 1. The van der Waals surface area contributed by atoms with Crippen LogP contribution in [0.25, 0.3) is 5.57 Å². The van der Waals surface area contributed by atoms with Crippen molar-refractivity contribution in [3.05, 3.63) is 28.5 Å². The summed E-state index contributed by atoms with van der Waals surface area (Å²) in [4.78, 5) is 16.2. The highest BCUT2D eigenvalue weighted by Crippen LogP contribution is 2.46. The van der Waals surface area contributed by atoms with E-state index in [4.69, 9.17) is 10.5 Å². The molecule has 1 amide bonds. The predicted octanol–water partition coefficient (Wildman–Crippen LogP) is 2.40. The van der Waals surface area contributed by atoms with Gasteiger partial charge in [0.15, 0.2) is 5.75 Å². The van der Waals surface area contributed by atoms with Crippen molar-refractivity contribution in [1.29, 1.82) is 0 Å². The molecule has 0 bridgehead atoms. The molecule has 0 aromatic carbocycles. The monoisotopic (exact) mass is 322 g/mol. The molecule has 2 N–H and O–H groups in total. The number of carbonyl (C=O) groups excluding carboxylic acids is 1.